The molecule has 0 saturated carbocycles. The van der Waals surface area contributed by atoms with Crippen molar-refractivity contribution in [1.29, 1.82) is 0 Å². The van der Waals surface area contributed by atoms with Crippen LogP contribution in [0.5, 0.6) is 0 Å². The number of ether oxygens (including phenoxy) is 5. The van der Waals surface area contributed by atoms with Crippen molar-refractivity contribution in [1.82, 2.24) is 0 Å². The standard InChI is InChI=1S/C20H30O9S/c1-7-11(2)8-9-30-20-19(28-15(6)24)18(27-14(5)23)17(26-13(4)22)16(29-20)10-25-12(3)21/h8,16-20H,7,9-10H2,1-6H3/b11-8+/t16?,17-,18-,19?,20-/m0/s1. The van der Waals surface area contributed by atoms with Crippen molar-refractivity contribution in [2.45, 2.75) is 77.8 Å². The molecule has 1 fully saturated rings. The molecule has 0 aromatic heterocycles. The first kappa shape index (κ1) is 26.0. The maximum absolute atomic E-state index is 11.8. The van der Waals surface area contributed by atoms with E-state index in [0.29, 0.717) is 5.75 Å². The van der Waals surface area contributed by atoms with Crippen molar-refractivity contribution in [3.63, 3.8) is 0 Å². The van der Waals surface area contributed by atoms with Crippen LogP contribution in [-0.2, 0) is 42.9 Å². The number of rotatable bonds is 9. The van der Waals surface area contributed by atoms with E-state index in [2.05, 4.69) is 0 Å². The molecule has 0 aliphatic carbocycles. The average molecular weight is 447 g/mol. The monoisotopic (exact) mass is 446 g/mol. The Morgan fingerprint density at radius 1 is 0.833 bits per heavy atom. The SMILES string of the molecule is CC/C(C)=C/CS[C@@H]1OC(COC(C)=O)[C@H](OC(C)=O)[C@H](OC(C)=O)C1OC(C)=O. The minimum atomic E-state index is -1.13. The first-order chi connectivity index (χ1) is 14.0. The molecular formula is C20H30O9S. The van der Waals surface area contributed by atoms with Crippen molar-refractivity contribution in [3.05, 3.63) is 11.6 Å². The Morgan fingerprint density at radius 3 is 1.87 bits per heavy atom. The lowest BCUT2D eigenvalue weighted by atomic mass is 9.99. The minimum Gasteiger partial charge on any atom is -0.463 e. The quantitative estimate of drug-likeness (QED) is 0.296. The van der Waals surface area contributed by atoms with Crippen LogP contribution < -0.4 is 0 Å². The second-order valence-electron chi connectivity index (χ2n) is 6.81. The van der Waals surface area contributed by atoms with E-state index in [1.54, 1.807) is 0 Å². The minimum absolute atomic E-state index is 0.223. The predicted octanol–water partition coefficient (Wildman–Crippen LogP) is 2.16. The van der Waals surface area contributed by atoms with Crippen LogP contribution in [0, 0.1) is 0 Å². The number of allylic oxidation sites excluding steroid dienone is 1. The van der Waals surface area contributed by atoms with E-state index >= 15 is 0 Å². The van der Waals surface area contributed by atoms with Crippen LogP contribution in [0.1, 0.15) is 48.0 Å². The Morgan fingerprint density at radius 2 is 1.37 bits per heavy atom. The number of esters is 4. The highest BCUT2D eigenvalue weighted by Crippen LogP contribution is 2.34. The van der Waals surface area contributed by atoms with Crippen LogP contribution in [-0.4, -0.2) is 66.1 Å². The van der Waals surface area contributed by atoms with Gasteiger partial charge in [0, 0.05) is 33.4 Å². The third-order valence-corrected chi connectivity index (χ3v) is 5.27. The van der Waals surface area contributed by atoms with E-state index in [1.807, 2.05) is 19.9 Å². The zero-order chi connectivity index (χ0) is 22.8. The van der Waals surface area contributed by atoms with Gasteiger partial charge in [0.2, 0.25) is 0 Å². The Balaban J connectivity index is 3.25. The molecule has 1 rings (SSSR count). The van der Waals surface area contributed by atoms with Crippen molar-refractivity contribution in [2.75, 3.05) is 12.4 Å². The molecule has 0 N–H and O–H groups in total. The van der Waals surface area contributed by atoms with Crippen LogP contribution in [0.3, 0.4) is 0 Å². The molecule has 0 amide bonds. The van der Waals surface area contributed by atoms with Crippen molar-refractivity contribution < 1.29 is 42.9 Å². The molecule has 5 atom stereocenters. The highest BCUT2D eigenvalue weighted by molar-refractivity contribution is 7.99. The maximum Gasteiger partial charge on any atom is 0.303 e. The lowest BCUT2D eigenvalue weighted by molar-refractivity contribution is -0.237. The molecule has 1 saturated heterocycles. The highest BCUT2D eigenvalue weighted by Gasteiger charge is 2.52. The summed E-state index contributed by atoms with van der Waals surface area (Å²) >= 11 is 1.33. The molecule has 1 aliphatic rings. The number of hydrogen-bond donors (Lipinski definition) is 0. The van der Waals surface area contributed by atoms with Gasteiger partial charge in [0.15, 0.2) is 18.3 Å². The second kappa shape index (κ2) is 12.6. The fraction of sp³-hybridized carbons (Fsp3) is 0.700. The Kier molecular flexibility index (Phi) is 10.9. The third kappa shape index (κ3) is 8.74. The summed E-state index contributed by atoms with van der Waals surface area (Å²) in [5.41, 5.74) is 0.430. The number of thioether (sulfide) groups is 1. The summed E-state index contributed by atoms with van der Waals surface area (Å²) < 4.78 is 27.2. The molecule has 9 nitrogen and oxygen atoms in total. The summed E-state index contributed by atoms with van der Waals surface area (Å²) in [5.74, 6) is -1.90. The molecule has 10 heteroatoms. The molecule has 0 bridgehead atoms. The van der Waals surface area contributed by atoms with E-state index in [1.165, 1.54) is 45.0 Å². The van der Waals surface area contributed by atoms with Gasteiger partial charge in [0.05, 0.1) is 0 Å². The zero-order valence-electron chi connectivity index (χ0n) is 18.2. The lowest BCUT2D eigenvalue weighted by Gasteiger charge is -2.44. The van der Waals surface area contributed by atoms with Crippen molar-refractivity contribution >= 4 is 35.6 Å². The van der Waals surface area contributed by atoms with Gasteiger partial charge in [-0.2, -0.15) is 0 Å². The molecule has 30 heavy (non-hydrogen) atoms. The molecule has 0 aromatic rings. The summed E-state index contributed by atoms with van der Waals surface area (Å²) in [6.07, 6.45) is -1.29. The molecule has 2 unspecified atom stereocenters. The fourth-order valence-corrected chi connectivity index (χ4v) is 3.94. The van der Waals surface area contributed by atoms with Gasteiger partial charge in [0.1, 0.15) is 18.1 Å². The van der Waals surface area contributed by atoms with Gasteiger partial charge in [-0.3, -0.25) is 19.2 Å². The van der Waals surface area contributed by atoms with Gasteiger partial charge < -0.3 is 23.7 Å². The van der Waals surface area contributed by atoms with Gasteiger partial charge in [0.25, 0.3) is 0 Å². The average Bonchev–Trinajstić information content (AvgIpc) is 2.63. The summed E-state index contributed by atoms with van der Waals surface area (Å²) in [6.45, 7) is 8.64. The molecule has 0 spiro atoms. The lowest BCUT2D eigenvalue weighted by Crippen LogP contribution is -2.61. The largest absolute Gasteiger partial charge is 0.463 e. The maximum atomic E-state index is 11.8. The van der Waals surface area contributed by atoms with Gasteiger partial charge >= 0.3 is 23.9 Å². The Labute approximate surface area is 180 Å². The van der Waals surface area contributed by atoms with E-state index in [0.717, 1.165) is 6.42 Å². The van der Waals surface area contributed by atoms with Crippen LogP contribution >= 0.6 is 11.8 Å². The normalized spacial score (nSPS) is 26.5. The van der Waals surface area contributed by atoms with Crippen molar-refractivity contribution in [3.8, 4) is 0 Å². The first-order valence-electron chi connectivity index (χ1n) is 9.62. The van der Waals surface area contributed by atoms with Crippen molar-refractivity contribution in [2.24, 2.45) is 0 Å². The molecule has 170 valence electrons. The number of carbonyl (C=O) groups excluding carboxylic acids is 4. The fourth-order valence-electron chi connectivity index (χ4n) is 2.75. The third-order valence-electron chi connectivity index (χ3n) is 4.20. The summed E-state index contributed by atoms with van der Waals surface area (Å²) in [5, 5.41) is 0. The van der Waals surface area contributed by atoms with E-state index in [4.69, 9.17) is 23.7 Å². The van der Waals surface area contributed by atoms with Crippen LogP contribution in [0.15, 0.2) is 11.6 Å². The second-order valence-corrected chi connectivity index (χ2v) is 7.94. The molecule has 0 radical (unpaired) electrons. The van der Waals surface area contributed by atoms with Crippen LogP contribution in [0.2, 0.25) is 0 Å². The highest BCUT2D eigenvalue weighted by atomic mass is 32.2. The Bertz CT molecular complexity index is 661. The summed E-state index contributed by atoms with van der Waals surface area (Å²) in [6, 6.07) is 0. The summed E-state index contributed by atoms with van der Waals surface area (Å²) in [4.78, 5) is 46.4. The molecular weight excluding hydrogens is 416 g/mol. The predicted molar refractivity (Wildman–Crippen MR) is 108 cm³/mol. The number of carbonyl (C=O) groups is 4. The van der Waals surface area contributed by atoms with E-state index in [-0.39, 0.29) is 6.61 Å². The molecule has 0 aromatic carbocycles. The van der Waals surface area contributed by atoms with Gasteiger partial charge in [-0.15, -0.1) is 11.8 Å². The van der Waals surface area contributed by atoms with Gasteiger partial charge in [-0.25, -0.2) is 0 Å². The van der Waals surface area contributed by atoms with E-state index in [9.17, 15) is 19.2 Å². The smallest absolute Gasteiger partial charge is 0.303 e. The van der Waals surface area contributed by atoms with E-state index < -0.39 is 53.7 Å². The summed E-state index contributed by atoms with van der Waals surface area (Å²) in [7, 11) is 0. The number of hydrogen-bond acceptors (Lipinski definition) is 10. The zero-order valence-corrected chi connectivity index (χ0v) is 19.0. The molecule has 1 heterocycles. The molecule has 1 aliphatic heterocycles. The van der Waals surface area contributed by atoms with Crippen LogP contribution in [0.25, 0.3) is 0 Å². The Hall–Kier alpha value is -2.07. The first-order valence-corrected chi connectivity index (χ1v) is 10.7. The topological polar surface area (TPSA) is 114 Å². The van der Waals surface area contributed by atoms with Gasteiger partial charge in [-0.05, 0) is 13.3 Å². The van der Waals surface area contributed by atoms with Gasteiger partial charge in [-0.1, -0.05) is 18.6 Å². The van der Waals surface area contributed by atoms with Crippen LogP contribution in [0.4, 0.5) is 0 Å².